The van der Waals surface area contributed by atoms with Gasteiger partial charge < -0.3 is 32.3 Å². The normalized spacial score (nSPS) is 37.4. The number of alkyl halides is 1. The fourth-order valence-corrected chi connectivity index (χ4v) is 7.45. The number of nitrogens with one attached hydrogen (secondary N) is 3. The van der Waals surface area contributed by atoms with E-state index in [1.807, 2.05) is 0 Å². The third-order valence-corrected chi connectivity index (χ3v) is 9.58. The second-order valence-corrected chi connectivity index (χ2v) is 12.3. The monoisotopic (exact) mass is 511 g/mol. The van der Waals surface area contributed by atoms with Crippen LogP contribution in [0.3, 0.4) is 0 Å². The SMILES string of the molecule is CN1CCCN(C2CCNCC2NC(=O)C(C(N)N)C2NCC(Cl)CCC3CCCCCC32)CC1. The smallest absolute Gasteiger partial charge is 0.227 e. The van der Waals surface area contributed by atoms with Gasteiger partial charge in [0, 0.05) is 43.6 Å². The fraction of sp³-hybridized carbons (Fsp3) is 0.962. The molecule has 7 unspecified atom stereocenters. The molecule has 3 heterocycles. The van der Waals surface area contributed by atoms with Crippen molar-refractivity contribution >= 4 is 17.5 Å². The van der Waals surface area contributed by atoms with Gasteiger partial charge in [0.05, 0.1) is 18.1 Å². The zero-order valence-corrected chi connectivity index (χ0v) is 22.5. The van der Waals surface area contributed by atoms with Crippen LogP contribution < -0.4 is 27.4 Å². The van der Waals surface area contributed by atoms with E-state index in [1.54, 1.807) is 0 Å². The lowest BCUT2D eigenvalue weighted by atomic mass is 9.73. The summed E-state index contributed by atoms with van der Waals surface area (Å²) in [7, 11) is 2.20. The van der Waals surface area contributed by atoms with E-state index < -0.39 is 12.1 Å². The molecular formula is C26H50ClN7O. The minimum absolute atomic E-state index is 0.0119. The number of carbonyl (C=O) groups is 1. The lowest BCUT2D eigenvalue weighted by molar-refractivity contribution is -0.129. The number of halogens is 1. The molecule has 8 nitrogen and oxygen atoms in total. The number of rotatable bonds is 5. The van der Waals surface area contributed by atoms with Gasteiger partial charge in [-0.1, -0.05) is 25.7 Å². The summed E-state index contributed by atoms with van der Waals surface area (Å²) in [5.41, 5.74) is 12.8. The molecule has 4 aliphatic rings. The largest absolute Gasteiger partial charge is 0.350 e. The number of amides is 1. The van der Waals surface area contributed by atoms with E-state index in [1.165, 1.54) is 32.1 Å². The van der Waals surface area contributed by atoms with Crippen molar-refractivity contribution in [2.75, 3.05) is 52.9 Å². The fourth-order valence-electron chi connectivity index (χ4n) is 7.23. The Bertz CT molecular complexity index is 668. The average Bonchev–Trinajstić information content (AvgIpc) is 3.19. The summed E-state index contributed by atoms with van der Waals surface area (Å²) < 4.78 is 0. The summed E-state index contributed by atoms with van der Waals surface area (Å²) in [6.45, 7) is 6.86. The summed E-state index contributed by atoms with van der Waals surface area (Å²) >= 11 is 6.64. The summed E-state index contributed by atoms with van der Waals surface area (Å²) in [6.07, 6.45) is 9.82. The van der Waals surface area contributed by atoms with Crippen LogP contribution in [0.25, 0.3) is 0 Å². The maximum absolute atomic E-state index is 13.9. The van der Waals surface area contributed by atoms with Crippen LogP contribution in [-0.4, -0.2) is 98.2 Å². The van der Waals surface area contributed by atoms with E-state index in [2.05, 4.69) is 32.8 Å². The molecule has 202 valence electrons. The first kappa shape index (κ1) is 27.6. The van der Waals surface area contributed by atoms with Crippen LogP contribution in [-0.2, 0) is 4.79 Å². The molecule has 3 saturated heterocycles. The van der Waals surface area contributed by atoms with E-state index in [-0.39, 0.29) is 23.4 Å². The number of carbonyl (C=O) groups excluding carboxylic acids is 1. The molecule has 0 aromatic rings. The Labute approximate surface area is 217 Å². The van der Waals surface area contributed by atoms with Crippen LogP contribution in [0.4, 0.5) is 0 Å². The van der Waals surface area contributed by atoms with Crippen LogP contribution in [0.15, 0.2) is 0 Å². The first-order valence-electron chi connectivity index (χ1n) is 14.3. The molecule has 1 aliphatic carbocycles. The van der Waals surface area contributed by atoms with Crippen molar-refractivity contribution in [3.05, 3.63) is 0 Å². The first-order chi connectivity index (χ1) is 16.9. The number of nitrogens with zero attached hydrogens (tertiary/aromatic N) is 2. The zero-order chi connectivity index (χ0) is 24.8. The summed E-state index contributed by atoms with van der Waals surface area (Å²) in [6, 6.07) is 0.395. The molecule has 0 aromatic heterocycles. The molecule has 1 amide bonds. The molecule has 4 fully saturated rings. The van der Waals surface area contributed by atoms with Crippen LogP contribution in [0.5, 0.6) is 0 Å². The maximum Gasteiger partial charge on any atom is 0.227 e. The van der Waals surface area contributed by atoms with Gasteiger partial charge in [0.15, 0.2) is 0 Å². The molecule has 0 radical (unpaired) electrons. The van der Waals surface area contributed by atoms with Crippen molar-refractivity contribution in [3.63, 3.8) is 0 Å². The van der Waals surface area contributed by atoms with Crippen LogP contribution in [0, 0.1) is 17.8 Å². The number of nitrogens with two attached hydrogens (primary N) is 2. The summed E-state index contributed by atoms with van der Waals surface area (Å²) in [5, 5.41) is 10.7. The molecule has 0 spiro atoms. The van der Waals surface area contributed by atoms with Gasteiger partial charge in [0.1, 0.15) is 0 Å². The van der Waals surface area contributed by atoms with Gasteiger partial charge in [-0.2, -0.15) is 0 Å². The van der Waals surface area contributed by atoms with Crippen molar-refractivity contribution in [1.82, 2.24) is 25.8 Å². The number of fused-ring (bicyclic) bond motifs is 1. The lowest BCUT2D eigenvalue weighted by Crippen LogP contribution is -2.65. The van der Waals surface area contributed by atoms with Gasteiger partial charge in [-0.25, -0.2) is 0 Å². The van der Waals surface area contributed by atoms with E-state index in [0.29, 0.717) is 24.4 Å². The standard InChI is InChI=1S/C26H50ClN7O/c1-33-12-5-13-34(15-14-33)22-10-11-30-17-21(22)32-26(35)23(25(28)29)24-20-7-4-2-3-6-18(20)8-9-19(27)16-31-24/h18-25,30-31H,2-17,28-29H2,1H3,(H,32,35). The maximum atomic E-state index is 13.9. The molecule has 7 N–H and O–H groups in total. The quantitative estimate of drug-likeness (QED) is 0.275. The van der Waals surface area contributed by atoms with E-state index in [4.69, 9.17) is 23.1 Å². The number of likely N-dealkylation sites (N-methyl/N-ethyl adjacent to an activating group) is 1. The molecule has 3 aliphatic heterocycles. The minimum atomic E-state index is -0.702. The Balaban J connectivity index is 1.50. The molecule has 4 rings (SSSR count). The number of piperidine rings is 1. The molecule has 9 heteroatoms. The summed E-state index contributed by atoms with van der Waals surface area (Å²) in [5.74, 6) is 0.565. The predicted molar refractivity (Wildman–Crippen MR) is 143 cm³/mol. The Hall–Kier alpha value is -0.480. The second kappa shape index (κ2) is 13.4. The van der Waals surface area contributed by atoms with Crippen molar-refractivity contribution in [2.24, 2.45) is 29.2 Å². The Morgan fingerprint density at radius 2 is 1.80 bits per heavy atom. The molecule has 0 bridgehead atoms. The minimum Gasteiger partial charge on any atom is -0.350 e. The second-order valence-electron chi connectivity index (χ2n) is 11.6. The van der Waals surface area contributed by atoms with E-state index in [9.17, 15) is 4.79 Å². The predicted octanol–water partition coefficient (Wildman–Crippen LogP) is 0.886. The molecule has 7 atom stereocenters. The highest BCUT2D eigenvalue weighted by Crippen LogP contribution is 2.38. The van der Waals surface area contributed by atoms with Crippen molar-refractivity contribution in [3.8, 4) is 0 Å². The van der Waals surface area contributed by atoms with Gasteiger partial charge in [-0.3, -0.25) is 9.69 Å². The third kappa shape index (κ3) is 7.30. The lowest BCUT2D eigenvalue weighted by Gasteiger charge is -2.43. The van der Waals surface area contributed by atoms with Crippen LogP contribution in [0.1, 0.15) is 57.8 Å². The number of hydrogen-bond acceptors (Lipinski definition) is 7. The molecular weight excluding hydrogens is 462 g/mol. The molecule has 35 heavy (non-hydrogen) atoms. The highest BCUT2D eigenvalue weighted by Gasteiger charge is 2.43. The van der Waals surface area contributed by atoms with Gasteiger partial charge in [0.25, 0.3) is 0 Å². The van der Waals surface area contributed by atoms with E-state index in [0.717, 1.165) is 65.0 Å². The third-order valence-electron chi connectivity index (χ3n) is 9.21. The zero-order valence-electron chi connectivity index (χ0n) is 21.8. The Morgan fingerprint density at radius 3 is 2.63 bits per heavy atom. The first-order valence-corrected chi connectivity index (χ1v) is 14.7. The van der Waals surface area contributed by atoms with Gasteiger partial charge in [0.2, 0.25) is 5.91 Å². The van der Waals surface area contributed by atoms with Crippen LogP contribution in [0.2, 0.25) is 0 Å². The van der Waals surface area contributed by atoms with Crippen molar-refractivity contribution < 1.29 is 4.79 Å². The Morgan fingerprint density at radius 1 is 0.971 bits per heavy atom. The topological polar surface area (TPSA) is 112 Å². The highest BCUT2D eigenvalue weighted by atomic mass is 35.5. The van der Waals surface area contributed by atoms with Crippen molar-refractivity contribution in [1.29, 1.82) is 0 Å². The Kier molecular flexibility index (Phi) is 10.5. The average molecular weight is 512 g/mol. The highest BCUT2D eigenvalue weighted by molar-refractivity contribution is 6.20. The molecule has 1 saturated carbocycles. The van der Waals surface area contributed by atoms with Gasteiger partial charge in [-0.15, -0.1) is 11.6 Å². The number of hydrogen-bond donors (Lipinski definition) is 5. The van der Waals surface area contributed by atoms with Gasteiger partial charge in [-0.05, 0) is 70.6 Å². The van der Waals surface area contributed by atoms with Gasteiger partial charge >= 0.3 is 0 Å². The van der Waals surface area contributed by atoms with Crippen molar-refractivity contribution in [2.45, 2.75) is 87.5 Å². The van der Waals surface area contributed by atoms with Crippen LogP contribution >= 0.6 is 11.6 Å². The molecule has 0 aromatic carbocycles. The van der Waals surface area contributed by atoms with E-state index >= 15 is 0 Å². The summed E-state index contributed by atoms with van der Waals surface area (Å²) in [4.78, 5) is 18.9.